The summed E-state index contributed by atoms with van der Waals surface area (Å²) in [7, 11) is 0. The number of likely N-dealkylation sites (tertiary alicyclic amines) is 1. The van der Waals surface area contributed by atoms with Crippen molar-refractivity contribution in [2.75, 3.05) is 13.1 Å². The highest BCUT2D eigenvalue weighted by molar-refractivity contribution is 6.30. The van der Waals surface area contributed by atoms with Gasteiger partial charge in [0.05, 0.1) is 6.54 Å². The second kappa shape index (κ2) is 8.25. The van der Waals surface area contributed by atoms with Crippen LogP contribution in [0.5, 0.6) is 0 Å². The van der Waals surface area contributed by atoms with Crippen molar-refractivity contribution in [2.24, 2.45) is 5.92 Å². The van der Waals surface area contributed by atoms with Crippen molar-refractivity contribution in [3.8, 4) is 11.4 Å². The van der Waals surface area contributed by atoms with Gasteiger partial charge in [0.1, 0.15) is 0 Å². The Morgan fingerprint density at radius 3 is 2.86 bits per heavy atom. The molecule has 2 heterocycles. The number of Topliss-reactive ketones (excluding diaryl/α,β-unsaturated/α-hetero) is 1. The van der Waals surface area contributed by atoms with Gasteiger partial charge in [-0.15, -0.1) is 0 Å². The zero-order valence-electron chi connectivity index (χ0n) is 15.8. The predicted octanol–water partition coefficient (Wildman–Crippen LogP) is 4.79. The van der Waals surface area contributed by atoms with E-state index in [1.807, 2.05) is 49.4 Å². The maximum atomic E-state index is 13.0. The monoisotopic (exact) mass is 395 g/mol. The Morgan fingerprint density at radius 2 is 2.07 bits per heavy atom. The topological polar surface area (TPSA) is 59.2 Å². The number of hydrogen-bond acceptors (Lipinski definition) is 5. The number of halogens is 1. The molecule has 1 aliphatic rings. The molecule has 1 aliphatic heterocycles. The highest BCUT2D eigenvalue weighted by Gasteiger charge is 2.28. The predicted molar refractivity (Wildman–Crippen MR) is 108 cm³/mol. The molecule has 0 amide bonds. The Kier molecular flexibility index (Phi) is 5.55. The van der Waals surface area contributed by atoms with Crippen LogP contribution in [0, 0.1) is 12.8 Å². The Bertz CT molecular complexity index is 971. The van der Waals surface area contributed by atoms with Crippen LogP contribution < -0.4 is 0 Å². The van der Waals surface area contributed by atoms with Crippen molar-refractivity contribution in [1.29, 1.82) is 0 Å². The minimum absolute atomic E-state index is 0.0230. The number of aromatic nitrogens is 2. The summed E-state index contributed by atoms with van der Waals surface area (Å²) in [5.41, 5.74) is 2.63. The number of hydrogen-bond donors (Lipinski definition) is 0. The van der Waals surface area contributed by atoms with Gasteiger partial charge in [-0.25, -0.2) is 0 Å². The number of ketones is 1. The smallest absolute Gasteiger partial charge is 0.241 e. The minimum Gasteiger partial charge on any atom is -0.338 e. The molecule has 1 atom stereocenters. The first kappa shape index (κ1) is 18.8. The average molecular weight is 396 g/mol. The SMILES string of the molecule is Cc1cc(Cl)ccc1C(=O)[C@@H]1CCCN(Cc2nc(-c3ccccc3)no2)C1. The van der Waals surface area contributed by atoms with E-state index in [1.165, 1.54) is 0 Å². The Balaban J connectivity index is 1.43. The van der Waals surface area contributed by atoms with Crippen molar-refractivity contribution >= 4 is 17.4 Å². The molecule has 0 unspecified atom stereocenters. The van der Waals surface area contributed by atoms with Crippen molar-refractivity contribution in [1.82, 2.24) is 15.0 Å². The third-order valence-corrected chi connectivity index (χ3v) is 5.42. The van der Waals surface area contributed by atoms with Crippen molar-refractivity contribution in [3.05, 3.63) is 70.6 Å². The quantitative estimate of drug-likeness (QED) is 0.581. The molecular weight excluding hydrogens is 374 g/mol. The fraction of sp³-hybridized carbons (Fsp3) is 0.318. The van der Waals surface area contributed by atoms with Crippen LogP contribution in [0.1, 0.15) is 34.7 Å². The van der Waals surface area contributed by atoms with E-state index in [4.69, 9.17) is 16.1 Å². The highest BCUT2D eigenvalue weighted by atomic mass is 35.5. The van der Waals surface area contributed by atoms with Crippen LogP contribution in [0.25, 0.3) is 11.4 Å². The summed E-state index contributed by atoms with van der Waals surface area (Å²) in [6.45, 7) is 4.11. The molecule has 2 aromatic carbocycles. The Hall–Kier alpha value is -2.50. The molecule has 6 heteroatoms. The summed E-state index contributed by atoms with van der Waals surface area (Å²) in [6, 6.07) is 15.2. The summed E-state index contributed by atoms with van der Waals surface area (Å²) in [5.74, 6) is 1.34. The molecule has 3 aromatic rings. The molecule has 28 heavy (non-hydrogen) atoms. The van der Waals surface area contributed by atoms with Gasteiger partial charge in [-0.1, -0.05) is 47.1 Å². The van der Waals surface area contributed by atoms with Crippen LogP contribution in [-0.2, 0) is 6.54 Å². The second-order valence-corrected chi connectivity index (χ2v) is 7.71. The van der Waals surface area contributed by atoms with Gasteiger partial charge in [0.2, 0.25) is 11.7 Å². The van der Waals surface area contributed by atoms with Gasteiger partial charge in [0.25, 0.3) is 0 Å². The molecule has 0 bridgehead atoms. The van der Waals surface area contributed by atoms with Gasteiger partial charge >= 0.3 is 0 Å². The van der Waals surface area contributed by atoms with Crippen molar-refractivity contribution < 1.29 is 9.32 Å². The van der Waals surface area contributed by atoms with Crippen LogP contribution in [0.2, 0.25) is 5.02 Å². The lowest BCUT2D eigenvalue weighted by atomic mass is 9.88. The molecule has 0 radical (unpaired) electrons. The Labute approximate surface area is 169 Å². The Morgan fingerprint density at radius 1 is 1.25 bits per heavy atom. The van der Waals surface area contributed by atoms with E-state index in [2.05, 4.69) is 15.0 Å². The number of carbonyl (C=O) groups excluding carboxylic acids is 1. The van der Waals surface area contributed by atoms with Crippen LogP contribution in [0.4, 0.5) is 0 Å². The van der Waals surface area contributed by atoms with E-state index in [0.29, 0.717) is 29.8 Å². The average Bonchev–Trinajstić information content (AvgIpc) is 3.17. The molecule has 1 saturated heterocycles. The van der Waals surface area contributed by atoms with E-state index in [9.17, 15) is 4.79 Å². The summed E-state index contributed by atoms with van der Waals surface area (Å²) in [5, 5.41) is 4.74. The molecule has 1 fully saturated rings. The van der Waals surface area contributed by atoms with E-state index in [0.717, 1.165) is 36.1 Å². The normalized spacial score (nSPS) is 17.6. The van der Waals surface area contributed by atoms with Crippen LogP contribution in [0.3, 0.4) is 0 Å². The molecule has 0 aliphatic carbocycles. The molecule has 0 saturated carbocycles. The van der Waals surface area contributed by atoms with Gasteiger partial charge in [-0.05, 0) is 50.1 Å². The lowest BCUT2D eigenvalue weighted by Gasteiger charge is -2.31. The molecular formula is C22H22ClN3O2. The van der Waals surface area contributed by atoms with Gasteiger partial charge in [0, 0.05) is 28.6 Å². The molecule has 0 spiro atoms. The lowest BCUT2D eigenvalue weighted by molar-refractivity contribution is 0.0796. The zero-order valence-corrected chi connectivity index (χ0v) is 16.5. The first-order valence-corrected chi connectivity index (χ1v) is 9.88. The number of benzene rings is 2. The van der Waals surface area contributed by atoms with Crippen LogP contribution in [0.15, 0.2) is 53.1 Å². The van der Waals surface area contributed by atoms with Crippen molar-refractivity contribution in [3.63, 3.8) is 0 Å². The molecule has 5 nitrogen and oxygen atoms in total. The van der Waals surface area contributed by atoms with E-state index in [-0.39, 0.29) is 11.7 Å². The van der Waals surface area contributed by atoms with E-state index < -0.39 is 0 Å². The first-order valence-electron chi connectivity index (χ1n) is 9.51. The number of aryl methyl sites for hydroxylation is 1. The van der Waals surface area contributed by atoms with Crippen LogP contribution >= 0.6 is 11.6 Å². The van der Waals surface area contributed by atoms with E-state index in [1.54, 1.807) is 6.07 Å². The van der Waals surface area contributed by atoms with Crippen molar-refractivity contribution in [2.45, 2.75) is 26.3 Å². The minimum atomic E-state index is -0.0230. The summed E-state index contributed by atoms with van der Waals surface area (Å²) < 4.78 is 5.43. The standard InChI is InChI=1S/C22H22ClN3O2/c1-15-12-18(23)9-10-19(15)21(27)17-8-5-11-26(13-17)14-20-24-22(25-28-20)16-6-3-2-4-7-16/h2-4,6-7,9-10,12,17H,5,8,11,13-14H2,1H3/t17-/m1/s1. The van der Waals surface area contributed by atoms with Crippen LogP contribution in [-0.4, -0.2) is 33.9 Å². The first-order chi connectivity index (χ1) is 13.6. The second-order valence-electron chi connectivity index (χ2n) is 7.28. The summed E-state index contributed by atoms with van der Waals surface area (Å²) in [6.07, 6.45) is 1.87. The molecule has 0 N–H and O–H groups in total. The van der Waals surface area contributed by atoms with Gasteiger partial charge in [0.15, 0.2) is 5.78 Å². The van der Waals surface area contributed by atoms with E-state index >= 15 is 0 Å². The molecule has 1 aromatic heterocycles. The molecule has 4 rings (SSSR count). The van der Waals surface area contributed by atoms with Gasteiger partial charge < -0.3 is 4.52 Å². The zero-order chi connectivity index (χ0) is 19.5. The summed E-state index contributed by atoms with van der Waals surface area (Å²) in [4.78, 5) is 19.7. The maximum Gasteiger partial charge on any atom is 0.241 e. The third kappa shape index (κ3) is 4.16. The third-order valence-electron chi connectivity index (χ3n) is 5.19. The maximum absolute atomic E-state index is 13.0. The molecule has 144 valence electrons. The van der Waals surface area contributed by atoms with Gasteiger partial charge in [-0.3, -0.25) is 9.69 Å². The lowest BCUT2D eigenvalue weighted by Crippen LogP contribution is -2.38. The summed E-state index contributed by atoms with van der Waals surface area (Å²) >= 11 is 6.02. The number of piperidine rings is 1. The number of rotatable bonds is 5. The number of carbonyl (C=O) groups is 1. The van der Waals surface area contributed by atoms with Gasteiger partial charge in [-0.2, -0.15) is 4.98 Å². The largest absolute Gasteiger partial charge is 0.338 e. The number of nitrogens with zero attached hydrogens (tertiary/aromatic N) is 3. The highest BCUT2D eigenvalue weighted by Crippen LogP contribution is 2.25. The fourth-order valence-electron chi connectivity index (χ4n) is 3.75. The fourth-order valence-corrected chi connectivity index (χ4v) is 3.98.